The van der Waals surface area contributed by atoms with Crippen LogP contribution in [0.3, 0.4) is 0 Å². The summed E-state index contributed by atoms with van der Waals surface area (Å²) >= 11 is 0. The van der Waals surface area contributed by atoms with Gasteiger partial charge in [0.2, 0.25) is 0 Å². The van der Waals surface area contributed by atoms with Gasteiger partial charge in [-0.15, -0.1) is 0 Å². The largest absolute Gasteiger partial charge is 0.313 e. The van der Waals surface area contributed by atoms with Gasteiger partial charge in [-0.3, -0.25) is 0 Å². The Balaban J connectivity index is 2.30. The van der Waals surface area contributed by atoms with Crippen LogP contribution in [-0.2, 0) is 9.84 Å². The molecule has 0 amide bonds. The summed E-state index contributed by atoms with van der Waals surface area (Å²) in [6.45, 7) is 5.13. The van der Waals surface area contributed by atoms with E-state index in [2.05, 4.69) is 19.2 Å². The molecule has 0 spiro atoms. The normalized spacial score (nSPS) is 32.9. The first-order valence-electron chi connectivity index (χ1n) is 5.79. The first-order chi connectivity index (χ1) is 6.88. The highest BCUT2D eigenvalue weighted by Gasteiger charge is 2.24. The molecule has 0 aromatic carbocycles. The summed E-state index contributed by atoms with van der Waals surface area (Å²) in [7, 11) is -2.82. The Morgan fingerprint density at radius 3 is 2.53 bits per heavy atom. The average molecular weight is 233 g/mol. The van der Waals surface area contributed by atoms with Crippen molar-refractivity contribution in [2.45, 2.75) is 39.2 Å². The van der Waals surface area contributed by atoms with Gasteiger partial charge in [0, 0.05) is 18.8 Å². The van der Waals surface area contributed by atoms with Crippen LogP contribution in [0.1, 0.15) is 33.1 Å². The molecule has 3 atom stereocenters. The van der Waals surface area contributed by atoms with Gasteiger partial charge in [-0.05, 0) is 24.7 Å². The molecule has 0 aromatic heterocycles. The highest BCUT2D eigenvalue weighted by Crippen LogP contribution is 2.28. The summed E-state index contributed by atoms with van der Waals surface area (Å²) in [5.41, 5.74) is 0. The summed E-state index contributed by atoms with van der Waals surface area (Å²) in [5.74, 6) is 1.71. The van der Waals surface area contributed by atoms with E-state index in [9.17, 15) is 8.42 Å². The molecule has 0 radical (unpaired) electrons. The fraction of sp³-hybridized carbons (Fsp3) is 1.00. The molecular weight excluding hydrogens is 210 g/mol. The molecule has 0 saturated heterocycles. The van der Waals surface area contributed by atoms with Crippen molar-refractivity contribution in [2.75, 3.05) is 18.6 Å². The molecule has 0 aromatic rings. The average Bonchev–Trinajstić information content (AvgIpc) is 2.09. The predicted molar refractivity (Wildman–Crippen MR) is 63.7 cm³/mol. The Morgan fingerprint density at radius 2 is 1.93 bits per heavy atom. The van der Waals surface area contributed by atoms with E-state index >= 15 is 0 Å². The minimum Gasteiger partial charge on any atom is -0.313 e. The first-order valence-corrected chi connectivity index (χ1v) is 7.85. The molecule has 1 fully saturated rings. The quantitative estimate of drug-likeness (QED) is 0.799. The molecule has 3 nitrogen and oxygen atoms in total. The van der Waals surface area contributed by atoms with Crippen LogP contribution >= 0.6 is 0 Å². The molecule has 4 heteroatoms. The number of rotatable bonds is 4. The molecule has 1 rings (SSSR count). The highest BCUT2D eigenvalue weighted by molar-refractivity contribution is 7.90. The molecule has 90 valence electrons. The Labute approximate surface area is 93.6 Å². The summed E-state index contributed by atoms with van der Waals surface area (Å²) in [6, 6.07) is 0.510. The van der Waals surface area contributed by atoms with Crippen molar-refractivity contribution in [1.29, 1.82) is 0 Å². The van der Waals surface area contributed by atoms with Gasteiger partial charge in [0.15, 0.2) is 0 Å². The van der Waals surface area contributed by atoms with Crippen molar-refractivity contribution >= 4 is 9.84 Å². The molecular formula is C11H23NO2S. The van der Waals surface area contributed by atoms with Crippen molar-refractivity contribution < 1.29 is 8.42 Å². The predicted octanol–water partition coefficient (Wildman–Crippen LogP) is 1.45. The molecule has 15 heavy (non-hydrogen) atoms. The van der Waals surface area contributed by atoms with E-state index in [0.717, 1.165) is 5.92 Å². The standard InChI is InChI=1S/C11H23NO2S/c1-9-4-5-10(2)11(8-9)12-6-7-15(3,13)14/h9-12H,4-8H2,1-3H3. The first kappa shape index (κ1) is 13.0. The third-order valence-corrected chi connectivity index (χ3v) is 4.28. The maximum atomic E-state index is 11.0. The molecule has 1 aliphatic carbocycles. The third-order valence-electron chi connectivity index (χ3n) is 3.34. The van der Waals surface area contributed by atoms with Crippen LogP contribution in [-0.4, -0.2) is 33.0 Å². The summed E-state index contributed by atoms with van der Waals surface area (Å²) in [6.07, 6.45) is 5.05. The highest BCUT2D eigenvalue weighted by atomic mass is 32.2. The lowest BCUT2D eigenvalue weighted by molar-refractivity contribution is 0.232. The minimum absolute atomic E-state index is 0.255. The Hall–Kier alpha value is -0.0900. The SMILES string of the molecule is CC1CCC(C)C(NCCS(C)(=O)=O)C1. The molecule has 0 aliphatic heterocycles. The van der Waals surface area contributed by atoms with Gasteiger partial charge in [0.25, 0.3) is 0 Å². The Kier molecular flexibility index (Phi) is 4.59. The second-order valence-corrected chi connectivity index (χ2v) is 7.35. The van der Waals surface area contributed by atoms with Gasteiger partial charge in [-0.25, -0.2) is 8.42 Å². The number of nitrogens with one attached hydrogen (secondary N) is 1. The molecule has 1 saturated carbocycles. The van der Waals surface area contributed by atoms with E-state index in [1.807, 2.05) is 0 Å². The zero-order valence-corrected chi connectivity index (χ0v) is 10.8. The summed E-state index contributed by atoms with van der Waals surface area (Å²) in [4.78, 5) is 0. The lowest BCUT2D eigenvalue weighted by atomic mass is 9.80. The van der Waals surface area contributed by atoms with Crippen molar-refractivity contribution in [1.82, 2.24) is 5.32 Å². The molecule has 1 N–H and O–H groups in total. The molecule has 3 unspecified atom stereocenters. The van der Waals surface area contributed by atoms with Crippen molar-refractivity contribution in [2.24, 2.45) is 11.8 Å². The zero-order valence-electron chi connectivity index (χ0n) is 9.99. The van der Waals surface area contributed by atoms with Crippen LogP contribution < -0.4 is 5.32 Å². The van der Waals surface area contributed by atoms with E-state index in [0.29, 0.717) is 18.5 Å². The lowest BCUT2D eigenvalue weighted by Crippen LogP contribution is -2.41. The van der Waals surface area contributed by atoms with E-state index in [1.54, 1.807) is 0 Å². The zero-order chi connectivity index (χ0) is 11.5. The monoisotopic (exact) mass is 233 g/mol. The van der Waals surface area contributed by atoms with Crippen LogP contribution in [0.4, 0.5) is 0 Å². The smallest absolute Gasteiger partial charge is 0.148 e. The Morgan fingerprint density at radius 1 is 1.27 bits per heavy atom. The summed E-state index contributed by atoms with van der Waals surface area (Å²) in [5, 5.41) is 3.38. The lowest BCUT2D eigenvalue weighted by Gasteiger charge is -2.33. The number of sulfone groups is 1. The fourth-order valence-electron chi connectivity index (χ4n) is 2.25. The van der Waals surface area contributed by atoms with E-state index in [4.69, 9.17) is 0 Å². The van der Waals surface area contributed by atoms with Crippen LogP contribution in [0.5, 0.6) is 0 Å². The van der Waals surface area contributed by atoms with Crippen molar-refractivity contribution in [3.8, 4) is 0 Å². The van der Waals surface area contributed by atoms with Crippen LogP contribution in [0.15, 0.2) is 0 Å². The van der Waals surface area contributed by atoms with E-state index < -0.39 is 9.84 Å². The van der Waals surface area contributed by atoms with Gasteiger partial charge < -0.3 is 5.32 Å². The summed E-state index contributed by atoms with van der Waals surface area (Å²) < 4.78 is 22.0. The van der Waals surface area contributed by atoms with E-state index in [-0.39, 0.29) is 5.75 Å². The number of hydrogen-bond acceptors (Lipinski definition) is 3. The van der Waals surface area contributed by atoms with Gasteiger partial charge >= 0.3 is 0 Å². The number of hydrogen-bond donors (Lipinski definition) is 1. The molecule has 0 bridgehead atoms. The van der Waals surface area contributed by atoms with E-state index in [1.165, 1.54) is 25.5 Å². The fourth-order valence-corrected chi connectivity index (χ4v) is 2.74. The third kappa shape index (κ3) is 4.98. The minimum atomic E-state index is -2.82. The van der Waals surface area contributed by atoms with Crippen molar-refractivity contribution in [3.63, 3.8) is 0 Å². The maximum absolute atomic E-state index is 11.0. The molecule has 1 aliphatic rings. The maximum Gasteiger partial charge on any atom is 0.148 e. The molecule has 0 heterocycles. The van der Waals surface area contributed by atoms with Gasteiger partial charge in [-0.2, -0.15) is 0 Å². The van der Waals surface area contributed by atoms with Gasteiger partial charge in [0.1, 0.15) is 9.84 Å². The van der Waals surface area contributed by atoms with Crippen LogP contribution in [0, 0.1) is 11.8 Å². The Bertz CT molecular complexity index is 287. The topological polar surface area (TPSA) is 46.2 Å². The second kappa shape index (κ2) is 5.30. The van der Waals surface area contributed by atoms with Crippen LogP contribution in [0.2, 0.25) is 0 Å². The van der Waals surface area contributed by atoms with Gasteiger partial charge in [0.05, 0.1) is 5.75 Å². The van der Waals surface area contributed by atoms with Crippen molar-refractivity contribution in [3.05, 3.63) is 0 Å². The van der Waals surface area contributed by atoms with Crippen LogP contribution in [0.25, 0.3) is 0 Å². The second-order valence-electron chi connectivity index (χ2n) is 5.09. The van der Waals surface area contributed by atoms with Gasteiger partial charge in [-0.1, -0.05) is 20.3 Å².